The fourth-order valence-electron chi connectivity index (χ4n) is 2.86. The van der Waals surface area contributed by atoms with Gasteiger partial charge in [-0.1, -0.05) is 6.07 Å². The van der Waals surface area contributed by atoms with Crippen LogP contribution in [-0.4, -0.2) is 5.92 Å². The van der Waals surface area contributed by atoms with Gasteiger partial charge in [0.15, 0.2) is 0 Å². The minimum absolute atomic E-state index is 0.0637. The third-order valence-corrected chi connectivity index (χ3v) is 3.98. The van der Waals surface area contributed by atoms with Crippen LogP contribution in [0.2, 0.25) is 0 Å². The van der Waals surface area contributed by atoms with Crippen molar-refractivity contribution in [1.29, 1.82) is 0 Å². The summed E-state index contributed by atoms with van der Waals surface area (Å²) in [7, 11) is 0. The van der Waals surface area contributed by atoms with Gasteiger partial charge in [0, 0.05) is 18.9 Å². The highest BCUT2D eigenvalue weighted by molar-refractivity contribution is 5.30. The first kappa shape index (κ1) is 14.3. The molecule has 5 heteroatoms. The van der Waals surface area contributed by atoms with E-state index in [1.54, 1.807) is 13.0 Å². The van der Waals surface area contributed by atoms with Gasteiger partial charge >= 0.3 is 0 Å². The van der Waals surface area contributed by atoms with E-state index in [0.717, 1.165) is 11.1 Å². The second-order valence-electron chi connectivity index (χ2n) is 5.34. The molecule has 1 aliphatic carbocycles. The lowest BCUT2D eigenvalue weighted by atomic mass is 9.79. The highest BCUT2D eigenvalue weighted by Crippen LogP contribution is 2.41. The molecule has 0 aromatic heterocycles. The number of hydrogen-bond donors (Lipinski definition) is 2. The molecule has 1 atom stereocenters. The van der Waals surface area contributed by atoms with Crippen molar-refractivity contribution in [2.45, 2.75) is 44.6 Å². The van der Waals surface area contributed by atoms with Crippen molar-refractivity contribution >= 4 is 0 Å². The molecule has 0 radical (unpaired) electrons. The number of alkyl halides is 2. The van der Waals surface area contributed by atoms with Crippen LogP contribution >= 0.6 is 0 Å². The second-order valence-corrected chi connectivity index (χ2v) is 5.34. The van der Waals surface area contributed by atoms with Crippen LogP contribution in [0.25, 0.3) is 0 Å². The maximum absolute atomic E-state index is 13.2. The van der Waals surface area contributed by atoms with E-state index in [1.165, 1.54) is 12.1 Å². The number of benzene rings is 1. The Balaban J connectivity index is 2.16. The standard InChI is InChI=1S/C14H19F3N2/c1-9-8-11(15)2-3-12(9)13(19-18)10-4-6-14(16,17)7-5-10/h2-3,8,10,13,19H,4-7,18H2,1H3. The highest BCUT2D eigenvalue weighted by atomic mass is 19.3. The fourth-order valence-corrected chi connectivity index (χ4v) is 2.86. The molecule has 1 unspecified atom stereocenters. The topological polar surface area (TPSA) is 38.0 Å². The van der Waals surface area contributed by atoms with Crippen LogP contribution in [-0.2, 0) is 0 Å². The average Bonchev–Trinajstić information content (AvgIpc) is 2.34. The predicted molar refractivity (Wildman–Crippen MR) is 68.1 cm³/mol. The lowest BCUT2D eigenvalue weighted by molar-refractivity contribution is -0.0498. The van der Waals surface area contributed by atoms with E-state index in [1.807, 2.05) is 0 Å². The van der Waals surface area contributed by atoms with Crippen LogP contribution < -0.4 is 11.3 Å². The Morgan fingerprint density at radius 1 is 1.32 bits per heavy atom. The zero-order valence-corrected chi connectivity index (χ0v) is 10.9. The van der Waals surface area contributed by atoms with Gasteiger partial charge in [0.1, 0.15) is 5.82 Å². The van der Waals surface area contributed by atoms with Crippen molar-refractivity contribution in [3.63, 3.8) is 0 Å². The van der Waals surface area contributed by atoms with Gasteiger partial charge in [-0.05, 0) is 48.9 Å². The van der Waals surface area contributed by atoms with Crippen LogP contribution in [0.5, 0.6) is 0 Å². The fraction of sp³-hybridized carbons (Fsp3) is 0.571. The number of nitrogens with one attached hydrogen (secondary N) is 1. The van der Waals surface area contributed by atoms with Crippen LogP contribution in [0.15, 0.2) is 18.2 Å². The van der Waals surface area contributed by atoms with Gasteiger partial charge < -0.3 is 0 Å². The van der Waals surface area contributed by atoms with E-state index in [9.17, 15) is 13.2 Å². The first-order valence-electron chi connectivity index (χ1n) is 6.53. The van der Waals surface area contributed by atoms with Crippen LogP contribution in [0.3, 0.4) is 0 Å². The van der Waals surface area contributed by atoms with Gasteiger partial charge in [-0.3, -0.25) is 11.3 Å². The Morgan fingerprint density at radius 2 is 1.95 bits per heavy atom. The molecule has 1 aromatic rings. The lowest BCUT2D eigenvalue weighted by Gasteiger charge is -2.34. The monoisotopic (exact) mass is 272 g/mol. The Bertz CT molecular complexity index is 438. The molecule has 0 spiro atoms. The van der Waals surface area contributed by atoms with E-state index < -0.39 is 5.92 Å². The van der Waals surface area contributed by atoms with Gasteiger partial charge in [0.2, 0.25) is 5.92 Å². The number of hydrogen-bond acceptors (Lipinski definition) is 2. The summed E-state index contributed by atoms with van der Waals surface area (Å²) < 4.78 is 39.5. The zero-order chi connectivity index (χ0) is 14.0. The van der Waals surface area contributed by atoms with E-state index in [0.29, 0.717) is 12.8 Å². The molecular weight excluding hydrogens is 253 g/mol. The van der Waals surface area contributed by atoms with Crippen LogP contribution in [0, 0.1) is 18.7 Å². The summed E-state index contributed by atoms with van der Waals surface area (Å²) in [6.45, 7) is 1.81. The van der Waals surface area contributed by atoms with Crippen LogP contribution in [0.4, 0.5) is 13.2 Å². The van der Waals surface area contributed by atoms with Gasteiger partial charge in [-0.2, -0.15) is 0 Å². The van der Waals surface area contributed by atoms with Gasteiger partial charge in [-0.25, -0.2) is 13.2 Å². The Morgan fingerprint density at radius 3 is 2.47 bits per heavy atom. The smallest absolute Gasteiger partial charge is 0.248 e. The Labute approximate surface area is 111 Å². The molecular formula is C14H19F3N2. The maximum Gasteiger partial charge on any atom is 0.248 e. The molecule has 19 heavy (non-hydrogen) atoms. The molecule has 2 rings (SSSR count). The van der Waals surface area contributed by atoms with Crippen molar-refractivity contribution in [3.05, 3.63) is 35.1 Å². The second kappa shape index (κ2) is 5.51. The first-order valence-corrected chi connectivity index (χ1v) is 6.53. The number of halogens is 3. The molecule has 1 fully saturated rings. The first-order chi connectivity index (χ1) is 8.93. The number of rotatable bonds is 3. The van der Waals surface area contributed by atoms with E-state index in [-0.39, 0.29) is 30.6 Å². The van der Waals surface area contributed by atoms with Gasteiger partial charge in [-0.15, -0.1) is 0 Å². The summed E-state index contributed by atoms with van der Waals surface area (Å²) in [6.07, 6.45) is 0.656. The summed E-state index contributed by atoms with van der Waals surface area (Å²) in [5.41, 5.74) is 4.39. The van der Waals surface area contributed by atoms with Crippen LogP contribution in [0.1, 0.15) is 42.9 Å². The zero-order valence-electron chi connectivity index (χ0n) is 10.9. The van der Waals surface area contributed by atoms with E-state index in [2.05, 4.69) is 5.43 Å². The van der Waals surface area contributed by atoms with Gasteiger partial charge in [0.05, 0.1) is 0 Å². The maximum atomic E-state index is 13.2. The number of aryl methyl sites for hydroxylation is 1. The molecule has 1 aliphatic rings. The third kappa shape index (κ3) is 3.28. The van der Waals surface area contributed by atoms with Crippen molar-refractivity contribution in [3.8, 4) is 0 Å². The summed E-state index contributed by atoms with van der Waals surface area (Å²) in [6, 6.07) is 4.31. The van der Waals surface area contributed by atoms with Crippen molar-refractivity contribution in [2.24, 2.45) is 11.8 Å². The molecule has 0 heterocycles. The van der Waals surface area contributed by atoms with E-state index >= 15 is 0 Å². The summed E-state index contributed by atoms with van der Waals surface area (Å²) in [5.74, 6) is 2.80. The number of hydrazine groups is 1. The molecule has 0 aliphatic heterocycles. The van der Waals surface area contributed by atoms with Crippen molar-refractivity contribution in [2.75, 3.05) is 0 Å². The minimum atomic E-state index is -2.55. The average molecular weight is 272 g/mol. The van der Waals surface area contributed by atoms with Crippen molar-refractivity contribution in [1.82, 2.24) is 5.43 Å². The normalized spacial score (nSPS) is 21.3. The Kier molecular flexibility index (Phi) is 4.16. The number of nitrogens with two attached hydrogens (primary N) is 1. The molecule has 106 valence electrons. The molecule has 1 saturated carbocycles. The highest BCUT2D eigenvalue weighted by Gasteiger charge is 2.38. The molecule has 0 amide bonds. The van der Waals surface area contributed by atoms with E-state index in [4.69, 9.17) is 5.84 Å². The predicted octanol–water partition coefficient (Wildman–Crippen LogP) is 3.46. The van der Waals surface area contributed by atoms with Crippen molar-refractivity contribution < 1.29 is 13.2 Å². The summed E-state index contributed by atoms with van der Waals surface area (Å²) in [4.78, 5) is 0. The molecule has 2 nitrogen and oxygen atoms in total. The quantitative estimate of drug-likeness (QED) is 0.653. The lowest BCUT2D eigenvalue weighted by Crippen LogP contribution is -2.37. The Hall–Kier alpha value is -1.07. The molecule has 3 N–H and O–H groups in total. The third-order valence-electron chi connectivity index (χ3n) is 3.98. The molecule has 1 aromatic carbocycles. The SMILES string of the molecule is Cc1cc(F)ccc1C(NN)C1CCC(F)(F)CC1. The molecule has 0 saturated heterocycles. The van der Waals surface area contributed by atoms with Gasteiger partial charge in [0.25, 0.3) is 0 Å². The largest absolute Gasteiger partial charge is 0.271 e. The molecule has 0 bridgehead atoms. The summed E-state index contributed by atoms with van der Waals surface area (Å²) in [5, 5.41) is 0. The minimum Gasteiger partial charge on any atom is -0.271 e. The summed E-state index contributed by atoms with van der Waals surface area (Å²) >= 11 is 0.